The molecule has 0 saturated carbocycles. The van der Waals surface area contributed by atoms with Gasteiger partial charge in [0.1, 0.15) is 11.3 Å². The molecule has 1 heteroatoms. The smallest absolute Gasteiger partial charge is 0.143 e. The van der Waals surface area contributed by atoms with Crippen molar-refractivity contribution in [3.63, 3.8) is 0 Å². The summed E-state index contributed by atoms with van der Waals surface area (Å²) in [5.41, 5.74) is 8.98. The van der Waals surface area contributed by atoms with Crippen molar-refractivity contribution in [3.05, 3.63) is 206 Å². The molecular formula is C56H34O. The van der Waals surface area contributed by atoms with Crippen molar-refractivity contribution in [1.82, 2.24) is 0 Å². The van der Waals surface area contributed by atoms with E-state index in [1.54, 1.807) is 0 Å². The predicted molar refractivity (Wildman–Crippen MR) is 243 cm³/mol. The highest BCUT2D eigenvalue weighted by atomic mass is 16.3. The van der Waals surface area contributed by atoms with Gasteiger partial charge in [-0.2, -0.15) is 0 Å². The third-order valence-corrected chi connectivity index (χ3v) is 12.0. The zero-order chi connectivity index (χ0) is 37.5. The Balaban J connectivity index is 1.22. The van der Waals surface area contributed by atoms with Gasteiger partial charge in [0.05, 0.1) is 0 Å². The van der Waals surface area contributed by atoms with Crippen molar-refractivity contribution in [2.45, 2.75) is 0 Å². The molecule has 11 aromatic carbocycles. The Kier molecular flexibility index (Phi) is 7.00. The summed E-state index contributed by atoms with van der Waals surface area (Å²) in [7, 11) is 0. The molecule has 1 heterocycles. The SMILES string of the molecule is c1ccc(-c2oc3c(-c4c5ccccc5c(-c5cc6c7ccccc7c7ccccc7c6c6ccccc56)c5ccccc45)cccc3c2-c2ccccc2)cc1. The number of benzene rings is 11. The third kappa shape index (κ3) is 4.70. The van der Waals surface area contributed by atoms with Gasteiger partial charge in [-0.05, 0) is 87.4 Å². The maximum Gasteiger partial charge on any atom is 0.143 e. The molecule has 57 heavy (non-hydrogen) atoms. The molecule has 0 N–H and O–H groups in total. The number of fused-ring (bicyclic) bond motifs is 11. The minimum Gasteiger partial charge on any atom is -0.455 e. The van der Waals surface area contributed by atoms with Crippen LogP contribution in [0.1, 0.15) is 0 Å². The summed E-state index contributed by atoms with van der Waals surface area (Å²) in [6, 6.07) is 75.0. The first-order valence-corrected chi connectivity index (χ1v) is 19.7. The van der Waals surface area contributed by atoms with Crippen molar-refractivity contribution in [2.24, 2.45) is 0 Å². The lowest BCUT2D eigenvalue weighted by Gasteiger charge is -2.20. The fourth-order valence-corrected chi connectivity index (χ4v) is 9.68. The van der Waals surface area contributed by atoms with E-state index in [2.05, 4.69) is 206 Å². The van der Waals surface area contributed by atoms with Gasteiger partial charge in [-0.3, -0.25) is 0 Å². The Morgan fingerprint density at radius 3 is 1.23 bits per heavy atom. The second-order valence-corrected chi connectivity index (χ2v) is 15.0. The van der Waals surface area contributed by atoms with Gasteiger partial charge in [0, 0.05) is 27.6 Å². The van der Waals surface area contributed by atoms with Crippen molar-refractivity contribution in [2.75, 3.05) is 0 Å². The molecule has 0 saturated heterocycles. The highest BCUT2D eigenvalue weighted by Gasteiger charge is 2.24. The second-order valence-electron chi connectivity index (χ2n) is 15.0. The average molecular weight is 723 g/mol. The lowest BCUT2D eigenvalue weighted by atomic mass is 9.82. The Hall–Kier alpha value is -7.48. The van der Waals surface area contributed by atoms with Crippen molar-refractivity contribution >= 4 is 75.6 Å². The van der Waals surface area contributed by atoms with Crippen molar-refractivity contribution < 1.29 is 4.42 Å². The molecule has 12 rings (SSSR count). The summed E-state index contributed by atoms with van der Waals surface area (Å²) in [6.45, 7) is 0. The Morgan fingerprint density at radius 1 is 0.246 bits per heavy atom. The summed E-state index contributed by atoms with van der Waals surface area (Å²) < 4.78 is 7.12. The zero-order valence-electron chi connectivity index (χ0n) is 31.0. The van der Waals surface area contributed by atoms with Gasteiger partial charge in [-0.25, -0.2) is 0 Å². The number of furan rings is 1. The fraction of sp³-hybridized carbons (Fsp3) is 0. The van der Waals surface area contributed by atoms with E-state index in [1.165, 1.54) is 81.3 Å². The van der Waals surface area contributed by atoms with Crippen LogP contribution in [-0.2, 0) is 0 Å². The predicted octanol–water partition coefficient (Wildman–Crippen LogP) is 16.0. The number of rotatable bonds is 4. The Bertz CT molecular complexity index is 3500. The number of para-hydroxylation sites is 1. The molecule has 0 bridgehead atoms. The molecule has 0 aliphatic heterocycles. The minimum atomic E-state index is 0.886. The van der Waals surface area contributed by atoms with E-state index in [0.29, 0.717) is 0 Å². The molecule has 264 valence electrons. The molecule has 0 aliphatic carbocycles. The van der Waals surface area contributed by atoms with Crippen LogP contribution in [-0.4, -0.2) is 0 Å². The monoisotopic (exact) mass is 722 g/mol. The van der Waals surface area contributed by atoms with Crippen LogP contribution >= 0.6 is 0 Å². The van der Waals surface area contributed by atoms with Crippen LogP contribution in [0.2, 0.25) is 0 Å². The average Bonchev–Trinajstić information content (AvgIpc) is 3.69. The second kappa shape index (κ2) is 12.5. The maximum atomic E-state index is 7.12. The van der Waals surface area contributed by atoms with E-state index >= 15 is 0 Å². The molecule has 1 nitrogen and oxygen atoms in total. The molecule has 0 spiro atoms. The lowest BCUT2D eigenvalue weighted by molar-refractivity contribution is 0.633. The van der Waals surface area contributed by atoms with E-state index in [0.717, 1.165) is 39.0 Å². The number of hydrogen-bond donors (Lipinski definition) is 0. The Labute approximate surface area is 329 Å². The van der Waals surface area contributed by atoms with Crippen LogP contribution < -0.4 is 0 Å². The standard InChI is InChI=1S/C56H34O/c1-3-18-35(19-4-1)51-47-32-17-33-48(56(47)57-55(51)36-20-5-2-6-21-36)52-43-28-13-15-30-45(43)54(46-31-16-14-29-44(46)52)50-34-49-39-24-8-7-22-37(39)38-23-9-11-26-41(38)53(49)42-27-12-10-25-40(42)50/h1-34H. The van der Waals surface area contributed by atoms with Crippen LogP contribution in [0.25, 0.3) is 120 Å². The van der Waals surface area contributed by atoms with Gasteiger partial charge in [-0.1, -0.05) is 200 Å². The van der Waals surface area contributed by atoms with Crippen LogP contribution in [0.15, 0.2) is 211 Å². The van der Waals surface area contributed by atoms with Crippen LogP contribution in [0.4, 0.5) is 0 Å². The molecule has 0 unspecified atom stereocenters. The molecule has 0 amide bonds. The van der Waals surface area contributed by atoms with E-state index in [9.17, 15) is 0 Å². The lowest BCUT2D eigenvalue weighted by Crippen LogP contribution is -1.93. The van der Waals surface area contributed by atoms with Gasteiger partial charge in [-0.15, -0.1) is 0 Å². The molecule has 12 aromatic rings. The van der Waals surface area contributed by atoms with Crippen molar-refractivity contribution in [1.29, 1.82) is 0 Å². The highest BCUT2D eigenvalue weighted by molar-refractivity contribution is 6.35. The first-order chi connectivity index (χ1) is 28.3. The van der Waals surface area contributed by atoms with E-state index in [-0.39, 0.29) is 0 Å². The summed E-state index contributed by atoms with van der Waals surface area (Å²) in [5.74, 6) is 0.886. The van der Waals surface area contributed by atoms with Gasteiger partial charge >= 0.3 is 0 Å². The normalized spacial score (nSPS) is 11.9. The first kappa shape index (κ1) is 31.8. The fourth-order valence-electron chi connectivity index (χ4n) is 9.68. The highest BCUT2D eigenvalue weighted by Crippen LogP contribution is 2.51. The molecule has 0 aliphatic rings. The van der Waals surface area contributed by atoms with Crippen LogP contribution in [0, 0.1) is 0 Å². The van der Waals surface area contributed by atoms with Gasteiger partial charge in [0.15, 0.2) is 0 Å². The summed E-state index contributed by atoms with van der Waals surface area (Å²) in [6.07, 6.45) is 0. The molecule has 0 atom stereocenters. The largest absolute Gasteiger partial charge is 0.455 e. The third-order valence-electron chi connectivity index (χ3n) is 12.0. The van der Waals surface area contributed by atoms with E-state index < -0.39 is 0 Å². The van der Waals surface area contributed by atoms with Gasteiger partial charge in [0.25, 0.3) is 0 Å². The maximum absolute atomic E-state index is 7.12. The van der Waals surface area contributed by atoms with Crippen LogP contribution in [0.3, 0.4) is 0 Å². The number of hydrogen-bond acceptors (Lipinski definition) is 1. The molecule has 0 fully saturated rings. The van der Waals surface area contributed by atoms with Crippen LogP contribution in [0.5, 0.6) is 0 Å². The van der Waals surface area contributed by atoms with Gasteiger partial charge < -0.3 is 4.42 Å². The molecule has 1 aromatic heterocycles. The zero-order valence-corrected chi connectivity index (χ0v) is 31.0. The van der Waals surface area contributed by atoms with E-state index in [4.69, 9.17) is 4.42 Å². The minimum absolute atomic E-state index is 0.886. The first-order valence-electron chi connectivity index (χ1n) is 19.7. The summed E-state index contributed by atoms with van der Waals surface area (Å²) in [5, 5.41) is 16.2. The van der Waals surface area contributed by atoms with Crippen molar-refractivity contribution in [3.8, 4) is 44.7 Å². The summed E-state index contributed by atoms with van der Waals surface area (Å²) in [4.78, 5) is 0. The Morgan fingerprint density at radius 2 is 0.649 bits per heavy atom. The van der Waals surface area contributed by atoms with E-state index in [1.807, 2.05) is 0 Å². The summed E-state index contributed by atoms with van der Waals surface area (Å²) >= 11 is 0. The molecule has 0 radical (unpaired) electrons. The quantitative estimate of drug-likeness (QED) is 0.130. The molecular weight excluding hydrogens is 689 g/mol. The van der Waals surface area contributed by atoms with Gasteiger partial charge in [0.2, 0.25) is 0 Å². The topological polar surface area (TPSA) is 13.1 Å².